The van der Waals surface area contributed by atoms with E-state index < -0.39 is 5.92 Å². The zero-order valence-corrected chi connectivity index (χ0v) is 14.2. The maximum absolute atomic E-state index is 12.4. The van der Waals surface area contributed by atoms with Crippen LogP contribution in [0.2, 0.25) is 0 Å². The summed E-state index contributed by atoms with van der Waals surface area (Å²) in [6, 6.07) is 7.31. The Morgan fingerprint density at radius 3 is 2.52 bits per heavy atom. The van der Waals surface area contributed by atoms with Crippen LogP contribution in [0.15, 0.2) is 29.6 Å². The minimum atomic E-state index is -0.816. The number of aryl methyl sites for hydroxylation is 2. The third kappa shape index (κ3) is 4.14. The zero-order chi connectivity index (χ0) is 16.8. The Kier molecular flexibility index (Phi) is 5.83. The Bertz CT molecular complexity index is 717. The van der Waals surface area contributed by atoms with Gasteiger partial charge in [0, 0.05) is 24.0 Å². The largest absolute Gasteiger partial charge is 0.298 e. The lowest BCUT2D eigenvalue weighted by Gasteiger charge is -2.11. The number of nitrogens with zero attached hydrogens (tertiary/aromatic N) is 4. The number of rotatable bonds is 6. The lowest BCUT2D eigenvalue weighted by atomic mass is 9.95. The van der Waals surface area contributed by atoms with Gasteiger partial charge in [0.05, 0.1) is 11.8 Å². The van der Waals surface area contributed by atoms with Crippen LogP contribution >= 0.6 is 11.8 Å². The first-order valence-electron chi connectivity index (χ1n) is 7.28. The van der Waals surface area contributed by atoms with E-state index in [-0.39, 0.29) is 12.2 Å². The van der Waals surface area contributed by atoms with Crippen LogP contribution < -0.4 is 0 Å². The van der Waals surface area contributed by atoms with E-state index in [0.717, 1.165) is 22.1 Å². The van der Waals surface area contributed by atoms with Crippen LogP contribution in [0.4, 0.5) is 0 Å². The van der Waals surface area contributed by atoms with Crippen molar-refractivity contribution in [2.45, 2.75) is 37.8 Å². The summed E-state index contributed by atoms with van der Waals surface area (Å²) in [5.74, 6) is -0.942. The molecule has 0 saturated carbocycles. The summed E-state index contributed by atoms with van der Waals surface area (Å²) in [5, 5.41) is 10.0. The van der Waals surface area contributed by atoms with Crippen molar-refractivity contribution in [1.82, 2.24) is 15.0 Å². The summed E-state index contributed by atoms with van der Waals surface area (Å²) < 4.78 is 0. The lowest BCUT2D eigenvalue weighted by molar-refractivity contribution is -0.119. The van der Waals surface area contributed by atoms with Gasteiger partial charge in [-0.25, -0.2) is 9.97 Å². The van der Waals surface area contributed by atoms with Crippen LogP contribution in [0.1, 0.15) is 35.0 Å². The molecule has 2 heterocycles. The van der Waals surface area contributed by atoms with Gasteiger partial charge in [-0.15, -0.1) is 0 Å². The predicted octanol–water partition coefficient (Wildman–Crippen LogP) is 3.02. The second-order valence-electron chi connectivity index (χ2n) is 5.14. The molecule has 0 aliphatic rings. The highest BCUT2D eigenvalue weighted by Gasteiger charge is 2.21. The minimum Gasteiger partial charge on any atom is -0.298 e. The number of hydrogen-bond donors (Lipinski definition) is 0. The second-order valence-corrected chi connectivity index (χ2v) is 5.92. The van der Waals surface area contributed by atoms with Gasteiger partial charge in [-0.05, 0) is 44.2 Å². The molecule has 0 amide bonds. The van der Waals surface area contributed by atoms with Gasteiger partial charge in [0.25, 0.3) is 0 Å². The topological polar surface area (TPSA) is 79.5 Å². The molecule has 5 nitrogen and oxygen atoms in total. The summed E-state index contributed by atoms with van der Waals surface area (Å²) in [7, 11) is 0. The average Bonchev–Trinajstić information content (AvgIpc) is 2.55. The molecule has 0 saturated heterocycles. The number of pyridine rings is 1. The quantitative estimate of drug-likeness (QED) is 0.599. The smallest absolute Gasteiger partial charge is 0.187 e. The fraction of sp³-hybridized carbons (Fsp3) is 0.353. The molecule has 0 aliphatic carbocycles. The summed E-state index contributed by atoms with van der Waals surface area (Å²) in [4.78, 5) is 25.3. The van der Waals surface area contributed by atoms with E-state index in [1.807, 2.05) is 20.1 Å². The average molecular weight is 326 g/mol. The Labute approximate surface area is 140 Å². The number of carbonyl (C=O) groups is 1. The third-order valence-corrected chi connectivity index (χ3v) is 4.19. The first kappa shape index (κ1) is 17.1. The van der Waals surface area contributed by atoms with Crippen LogP contribution in [-0.2, 0) is 11.2 Å². The highest BCUT2D eigenvalue weighted by atomic mass is 32.2. The number of ketones is 1. The molecular formula is C17H18N4OS. The molecule has 2 aromatic heterocycles. The van der Waals surface area contributed by atoms with E-state index in [2.05, 4.69) is 21.0 Å². The first-order valence-corrected chi connectivity index (χ1v) is 8.50. The standard InChI is InChI=1S/C17H18N4OS/c1-11-13(12(2)21-17(20-11)23-3)7-8-16(22)14(10-18)15-6-4-5-9-19-15/h4-6,9,14H,7-8H2,1-3H3. The Balaban J connectivity index is 2.12. The molecule has 0 fully saturated rings. The highest BCUT2D eigenvalue weighted by molar-refractivity contribution is 7.98. The number of hydrogen-bond acceptors (Lipinski definition) is 6. The molecule has 23 heavy (non-hydrogen) atoms. The monoisotopic (exact) mass is 326 g/mol. The summed E-state index contributed by atoms with van der Waals surface area (Å²) in [6.45, 7) is 3.85. The number of Topliss-reactive ketones (excluding diaryl/α,β-unsaturated/α-hetero) is 1. The molecule has 0 spiro atoms. The molecule has 118 valence electrons. The first-order chi connectivity index (χ1) is 11.1. The maximum Gasteiger partial charge on any atom is 0.187 e. The Hall–Kier alpha value is -2.26. The van der Waals surface area contributed by atoms with Gasteiger partial charge in [0.2, 0.25) is 0 Å². The maximum atomic E-state index is 12.4. The van der Waals surface area contributed by atoms with Crippen molar-refractivity contribution in [3.05, 3.63) is 47.0 Å². The fourth-order valence-corrected chi connectivity index (χ4v) is 2.86. The van der Waals surface area contributed by atoms with Crippen molar-refractivity contribution in [2.75, 3.05) is 6.26 Å². The van der Waals surface area contributed by atoms with Gasteiger partial charge < -0.3 is 0 Å². The van der Waals surface area contributed by atoms with E-state index in [9.17, 15) is 10.1 Å². The number of carbonyl (C=O) groups excluding carboxylic acids is 1. The molecule has 2 aromatic rings. The van der Waals surface area contributed by atoms with Crippen molar-refractivity contribution < 1.29 is 4.79 Å². The van der Waals surface area contributed by atoms with E-state index in [4.69, 9.17) is 0 Å². The molecule has 2 rings (SSSR count). The summed E-state index contributed by atoms with van der Waals surface area (Å²) in [5.41, 5.74) is 3.26. The Morgan fingerprint density at radius 1 is 1.30 bits per heavy atom. The van der Waals surface area contributed by atoms with Gasteiger partial charge in [-0.1, -0.05) is 17.8 Å². The predicted molar refractivity (Wildman–Crippen MR) is 89.2 cm³/mol. The summed E-state index contributed by atoms with van der Waals surface area (Å²) >= 11 is 1.50. The summed E-state index contributed by atoms with van der Waals surface area (Å²) in [6.07, 6.45) is 4.34. The van der Waals surface area contributed by atoms with Gasteiger partial charge in [0.1, 0.15) is 5.92 Å². The number of thioether (sulfide) groups is 1. The van der Waals surface area contributed by atoms with Gasteiger partial charge >= 0.3 is 0 Å². The molecule has 0 aliphatic heterocycles. The second kappa shape index (κ2) is 7.84. The van der Waals surface area contributed by atoms with Gasteiger partial charge in [-0.2, -0.15) is 5.26 Å². The molecule has 0 radical (unpaired) electrons. The zero-order valence-electron chi connectivity index (χ0n) is 13.4. The van der Waals surface area contributed by atoms with Crippen LogP contribution in [0.25, 0.3) is 0 Å². The normalized spacial score (nSPS) is 11.7. The van der Waals surface area contributed by atoms with E-state index >= 15 is 0 Å². The van der Waals surface area contributed by atoms with Crippen molar-refractivity contribution in [3.8, 4) is 6.07 Å². The molecule has 6 heteroatoms. The molecule has 0 aromatic carbocycles. The Morgan fingerprint density at radius 2 is 2.00 bits per heavy atom. The van der Waals surface area contributed by atoms with E-state index in [1.165, 1.54) is 11.8 Å². The molecule has 0 bridgehead atoms. The fourth-order valence-electron chi connectivity index (χ4n) is 2.40. The van der Waals surface area contributed by atoms with Crippen LogP contribution in [-0.4, -0.2) is 27.0 Å². The highest BCUT2D eigenvalue weighted by Crippen LogP contribution is 2.20. The molecule has 1 atom stereocenters. The number of nitriles is 1. The third-order valence-electron chi connectivity index (χ3n) is 3.64. The van der Waals surface area contributed by atoms with Gasteiger partial charge in [0.15, 0.2) is 10.9 Å². The van der Waals surface area contributed by atoms with Crippen LogP contribution in [0, 0.1) is 25.2 Å². The van der Waals surface area contributed by atoms with Crippen molar-refractivity contribution in [1.29, 1.82) is 5.26 Å². The SMILES string of the molecule is CSc1nc(C)c(CCC(=O)C(C#N)c2ccccn2)c(C)n1. The van der Waals surface area contributed by atoms with Crippen LogP contribution in [0.5, 0.6) is 0 Å². The molecular weight excluding hydrogens is 308 g/mol. The van der Waals surface area contributed by atoms with Gasteiger partial charge in [-0.3, -0.25) is 9.78 Å². The van der Waals surface area contributed by atoms with Crippen LogP contribution in [0.3, 0.4) is 0 Å². The van der Waals surface area contributed by atoms with Crippen molar-refractivity contribution in [3.63, 3.8) is 0 Å². The number of aromatic nitrogens is 3. The van der Waals surface area contributed by atoms with E-state index in [1.54, 1.807) is 24.4 Å². The van der Waals surface area contributed by atoms with Crippen molar-refractivity contribution in [2.24, 2.45) is 0 Å². The minimum absolute atomic E-state index is 0.126. The van der Waals surface area contributed by atoms with E-state index in [0.29, 0.717) is 12.1 Å². The lowest BCUT2D eigenvalue weighted by Crippen LogP contribution is -2.14. The molecule has 1 unspecified atom stereocenters. The molecule has 0 N–H and O–H groups in total. The van der Waals surface area contributed by atoms with Crippen molar-refractivity contribution >= 4 is 17.5 Å².